The van der Waals surface area contributed by atoms with Crippen molar-refractivity contribution in [2.75, 3.05) is 12.3 Å². The van der Waals surface area contributed by atoms with Crippen LogP contribution in [-0.4, -0.2) is 17.6 Å². The van der Waals surface area contributed by atoms with Crippen LogP contribution < -0.4 is 11.5 Å². The van der Waals surface area contributed by atoms with E-state index in [9.17, 15) is 4.79 Å². The van der Waals surface area contributed by atoms with E-state index >= 15 is 0 Å². The lowest BCUT2D eigenvalue weighted by Gasteiger charge is -2.13. The van der Waals surface area contributed by atoms with Gasteiger partial charge in [-0.2, -0.15) is 0 Å². The summed E-state index contributed by atoms with van der Waals surface area (Å²) in [6.07, 6.45) is 1.54. The van der Waals surface area contributed by atoms with Crippen molar-refractivity contribution in [2.24, 2.45) is 11.7 Å². The Labute approximate surface area is 107 Å². The number of nitrogen functional groups attached to an aromatic ring is 1. The second-order valence-electron chi connectivity index (χ2n) is 4.18. The van der Waals surface area contributed by atoms with Crippen LogP contribution >= 0.6 is 0 Å². The van der Waals surface area contributed by atoms with Crippen molar-refractivity contribution in [1.29, 1.82) is 0 Å². The fourth-order valence-electron chi connectivity index (χ4n) is 1.45. The van der Waals surface area contributed by atoms with Gasteiger partial charge in [0.25, 0.3) is 0 Å². The fourth-order valence-corrected chi connectivity index (χ4v) is 1.45. The summed E-state index contributed by atoms with van der Waals surface area (Å²) in [5, 5.41) is 0. The fraction of sp³-hybridized carbons (Fsp3) is 0.385. The zero-order valence-electron chi connectivity index (χ0n) is 10.9. The lowest BCUT2D eigenvalue weighted by Crippen LogP contribution is -2.17. The third-order valence-electron chi connectivity index (χ3n) is 2.43. The highest BCUT2D eigenvalue weighted by atomic mass is 16.5. The molecule has 0 saturated carbocycles. The van der Waals surface area contributed by atoms with Crippen LogP contribution in [0.5, 0.6) is 0 Å². The van der Waals surface area contributed by atoms with Gasteiger partial charge in [0.2, 0.25) is 0 Å². The molecule has 0 radical (unpaired) electrons. The van der Waals surface area contributed by atoms with E-state index in [0.29, 0.717) is 22.7 Å². The summed E-state index contributed by atoms with van der Waals surface area (Å²) in [6.45, 7) is 5.84. The van der Waals surface area contributed by atoms with Crippen LogP contribution in [0.3, 0.4) is 0 Å². The number of anilines is 1. The van der Waals surface area contributed by atoms with Crippen molar-refractivity contribution in [2.45, 2.75) is 20.8 Å². The molecule has 5 nitrogen and oxygen atoms in total. The molecular weight excluding hydrogens is 230 g/mol. The summed E-state index contributed by atoms with van der Waals surface area (Å²) in [7, 11) is 0. The van der Waals surface area contributed by atoms with Gasteiger partial charge in [0, 0.05) is 17.6 Å². The van der Waals surface area contributed by atoms with Crippen molar-refractivity contribution >= 4 is 17.2 Å². The first-order chi connectivity index (χ1) is 8.47. The minimum absolute atomic E-state index is 0.0210. The van der Waals surface area contributed by atoms with Crippen molar-refractivity contribution in [1.82, 2.24) is 4.98 Å². The number of allylic oxidation sites excluding steroid dienone is 1. The Bertz CT molecular complexity index is 467. The normalized spacial score (nSPS) is 12.2. The molecule has 0 fully saturated rings. The monoisotopic (exact) mass is 249 g/mol. The van der Waals surface area contributed by atoms with Crippen LogP contribution in [-0.2, 0) is 9.53 Å². The molecule has 0 aliphatic heterocycles. The number of ether oxygens (including phenoxy) is 1. The van der Waals surface area contributed by atoms with Crippen molar-refractivity contribution in [3.05, 3.63) is 29.7 Å². The molecule has 0 aliphatic carbocycles. The molecule has 0 aliphatic rings. The average Bonchev–Trinajstić information content (AvgIpc) is 2.29. The average molecular weight is 249 g/mol. The molecule has 0 atom stereocenters. The van der Waals surface area contributed by atoms with Crippen LogP contribution in [0.4, 0.5) is 5.69 Å². The van der Waals surface area contributed by atoms with Gasteiger partial charge in [-0.05, 0) is 25.0 Å². The molecule has 1 aromatic heterocycles. The molecule has 98 valence electrons. The van der Waals surface area contributed by atoms with Crippen molar-refractivity contribution < 1.29 is 9.53 Å². The number of carbonyl (C=O) groups is 1. The first-order valence-electron chi connectivity index (χ1n) is 5.86. The van der Waals surface area contributed by atoms with E-state index < -0.39 is 5.97 Å². The highest BCUT2D eigenvalue weighted by molar-refractivity contribution is 6.16. The van der Waals surface area contributed by atoms with Gasteiger partial charge < -0.3 is 16.2 Å². The van der Waals surface area contributed by atoms with Gasteiger partial charge in [-0.3, -0.25) is 4.98 Å². The quantitative estimate of drug-likeness (QED) is 0.624. The molecule has 0 amide bonds. The Hall–Kier alpha value is -2.04. The zero-order valence-corrected chi connectivity index (χ0v) is 10.9. The first kappa shape index (κ1) is 14.0. The van der Waals surface area contributed by atoms with Gasteiger partial charge in [0.1, 0.15) is 5.57 Å². The number of rotatable bonds is 4. The van der Waals surface area contributed by atoms with E-state index in [0.717, 1.165) is 0 Å². The SMILES string of the molecule is CCOC(=O)C(=C(N)C(C)C)c1cc(N)ccn1. The van der Waals surface area contributed by atoms with Crippen molar-refractivity contribution in [3.8, 4) is 0 Å². The molecule has 0 unspecified atom stereocenters. The lowest BCUT2D eigenvalue weighted by atomic mass is 10.0. The van der Waals surface area contributed by atoms with E-state index in [-0.39, 0.29) is 12.5 Å². The number of hydrogen-bond acceptors (Lipinski definition) is 5. The summed E-state index contributed by atoms with van der Waals surface area (Å²) < 4.78 is 5.01. The van der Waals surface area contributed by atoms with Crippen LogP contribution in [0.25, 0.3) is 5.57 Å². The first-order valence-corrected chi connectivity index (χ1v) is 5.86. The predicted octanol–water partition coefficient (Wildman–Crippen LogP) is 1.55. The Morgan fingerprint density at radius 3 is 2.67 bits per heavy atom. The maximum atomic E-state index is 12.0. The van der Waals surface area contributed by atoms with Gasteiger partial charge in [0.05, 0.1) is 12.3 Å². The zero-order chi connectivity index (χ0) is 13.7. The number of nitrogens with two attached hydrogens (primary N) is 2. The summed E-state index contributed by atoms with van der Waals surface area (Å²) in [6, 6.07) is 3.26. The third-order valence-corrected chi connectivity index (χ3v) is 2.43. The molecule has 0 aromatic carbocycles. The summed E-state index contributed by atoms with van der Waals surface area (Å²) in [5.41, 5.74) is 13.4. The second-order valence-corrected chi connectivity index (χ2v) is 4.18. The van der Waals surface area contributed by atoms with Gasteiger partial charge in [-0.1, -0.05) is 13.8 Å². The van der Waals surface area contributed by atoms with E-state index in [1.54, 1.807) is 19.1 Å². The Kier molecular flexibility index (Phi) is 4.71. The highest BCUT2D eigenvalue weighted by Gasteiger charge is 2.20. The standard InChI is InChI=1S/C13H19N3O2/c1-4-18-13(17)11(12(15)8(2)3)10-7-9(14)5-6-16-10/h5-8H,4,15H2,1-3H3,(H2,14,16). The van der Waals surface area contributed by atoms with Crippen LogP contribution in [0.1, 0.15) is 26.5 Å². The molecule has 4 N–H and O–H groups in total. The number of carbonyl (C=O) groups excluding carboxylic acids is 1. The van der Waals surface area contributed by atoms with E-state index in [1.807, 2.05) is 13.8 Å². The Morgan fingerprint density at radius 2 is 2.17 bits per heavy atom. The van der Waals surface area contributed by atoms with Gasteiger partial charge in [0.15, 0.2) is 0 Å². The van der Waals surface area contributed by atoms with E-state index in [2.05, 4.69) is 4.98 Å². The van der Waals surface area contributed by atoms with Crippen LogP contribution in [0, 0.1) is 5.92 Å². The van der Waals surface area contributed by atoms with Crippen LogP contribution in [0.15, 0.2) is 24.0 Å². The molecular formula is C13H19N3O2. The Morgan fingerprint density at radius 1 is 1.50 bits per heavy atom. The molecule has 5 heteroatoms. The summed E-state index contributed by atoms with van der Waals surface area (Å²) in [4.78, 5) is 16.1. The second kappa shape index (κ2) is 6.05. The van der Waals surface area contributed by atoms with Crippen LogP contribution in [0.2, 0.25) is 0 Å². The van der Waals surface area contributed by atoms with Gasteiger partial charge in [-0.15, -0.1) is 0 Å². The lowest BCUT2D eigenvalue weighted by molar-refractivity contribution is -0.136. The number of nitrogens with zero attached hydrogens (tertiary/aromatic N) is 1. The summed E-state index contributed by atoms with van der Waals surface area (Å²) in [5.74, 6) is -0.450. The Balaban J connectivity index is 3.30. The molecule has 18 heavy (non-hydrogen) atoms. The maximum Gasteiger partial charge on any atom is 0.342 e. The molecule has 1 aromatic rings. The minimum Gasteiger partial charge on any atom is -0.462 e. The molecule has 0 spiro atoms. The number of hydrogen-bond donors (Lipinski definition) is 2. The van der Waals surface area contributed by atoms with Gasteiger partial charge in [-0.25, -0.2) is 4.79 Å². The molecule has 1 rings (SSSR count). The molecule has 0 bridgehead atoms. The van der Waals surface area contributed by atoms with E-state index in [4.69, 9.17) is 16.2 Å². The smallest absolute Gasteiger partial charge is 0.342 e. The number of pyridine rings is 1. The largest absolute Gasteiger partial charge is 0.462 e. The van der Waals surface area contributed by atoms with Gasteiger partial charge >= 0.3 is 5.97 Å². The highest BCUT2D eigenvalue weighted by Crippen LogP contribution is 2.22. The number of aromatic nitrogens is 1. The van der Waals surface area contributed by atoms with Crippen molar-refractivity contribution in [3.63, 3.8) is 0 Å². The maximum absolute atomic E-state index is 12.0. The third kappa shape index (κ3) is 3.23. The predicted molar refractivity (Wildman–Crippen MR) is 71.2 cm³/mol. The number of esters is 1. The minimum atomic E-state index is -0.471. The summed E-state index contributed by atoms with van der Waals surface area (Å²) >= 11 is 0. The molecule has 1 heterocycles. The topological polar surface area (TPSA) is 91.2 Å². The van der Waals surface area contributed by atoms with E-state index in [1.165, 1.54) is 6.20 Å². The molecule has 0 saturated heterocycles.